The molecule has 1 heterocycles. The third kappa shape index (κ3) is 1.78. The Morgan fingerprint density at radius 3 is 2.81 bits per heavy atom. The first-order valence-corrected chi connectivity index (χ1v) is 5.42. The SMILES string of the molecule is C=Cc1ccc(-n2cc(Br)nn2)c(C)c1F. The van der Waals surface area contributed by atoms with E-state index in [0.29, 0.717) is 21.4 Å². The molecule has 2 aromatic rings. The van der Waals surface area contributed by atoms with Crippen LogP contribution in [0.25, 0.3) is 11.8 Å². The predicted molar refractivity (Wildman–Crippen MR) is 63.8 cm³/mol. The standard InChI is InChI=1S/C11H9BrFN3/c1-3-8-4-5-9(7(2)11(8)13)16-6-10(12)14-15-16/h3-6H,1H2,2H3. The molecule has 0 N–H and O–H groups in total. The first kappa shape index (κ1) is 11.0. The highest BCUT2D eigenvalue weighted by Gasteiger charge is 2.10. The molecule has 0 bridgehead atoms. The minimum atomic E-state index is -0.279. The van der Waals surface area contributed by atoms with Crippen molar-refractivity contribution in [3.8, 4) is 5.69 Å². The number of halogens is 2. The molecule has 0 atom stereocenters. The zero-order chi connectivity index (χ0) is 11.7. The van der Waals surface area contributed by atoms with Gasteiger partial charge in [0.2, 0.25) is 0 Å². The maximum absolute atomic E-state index is 13.8. The first-order valence-electron chi connectivity index (χ1n) is 4.63. The van der Waals surface area contributed by atoms with Crippen LogP contribution in [0.3, 0.4) is 0 Å². The fourth-order valence-electron chi connectivity index (χ4n) is 1.46. The van der Waals surface area contributed by atoms with Gasteiger partial charge >= 0.3 is 0 Å². The molecular formula is C11H9BrFN3. The summed E-state index contributed by atoms with van der Waals surface area (Å²) in [7, 11) is 0. The topological polar surface area (TPSA) is 30.7 Å². The third-order valence-corrected chi connectivity index (χ3v) is 2.68. The summed E-state index contributed by atoms with van der Waals surface area (Å²) in [5, 5.41) is 7.66. The summed E-state index contributed by atoms with van der Waals surface area (Å²) in [6, 6.07) is 3.46. The monoisotopic (exact) mass is 281 g/mol. The van der Waals surface area contributed by atoms with E-state index in [2.05, 4.69) is 32.8 Å². The van der Waals surface area contributed by atoms with Crippen LogP contribution in [0, 0.1) is 12.7 Å². The molecule has 16 heavy (non-hydrogen) atoms. The minimum absolute atomic E-state index is 0.279. The molecule has 0 aliphatic carbocycles. The highest BCUT2D eigenvalue weighted by Crippen LogP contribution is 2.21. The third-order valence-electron chi connectivity index (χ3n) is 2.32. The summed E-state index contributed by atoms with van der Waals surface area (Å²) in [6.45, 7) is 5.26. The molecule has 0 unspecified atom stereocenters. The van der Waals surface area contributed by atoms with Crippen molar-refractivity contribution in [3.05, 3.63) is 46.5 Å². The summed E-state index contributed by atoms with van der Waals surface area (Å²) in [4.78, 5) is 0. The van der Waals surface area contributed by atoms with Gasteiger partial charge in [-0.3, -0.25) is 0 Å². The van der Waals surface area contributed by atoms with E-state index < -0.39 is 0 Å². The van der Waals surface area contributed by atoms with Gasteiger partial charge in [-0.1, -0.05) is 17.9 Å². The van der Waals surface area contributed by atoms with Crippen molar-refractivity contribution in [2.75, 3.05) is 0 Å². The van der Waals surface area contributed by atoms with E-state index >= 15 is 0 Å². The minimum Gasteiger partial charge on any atom is -0.219 e. The van der Waals surface area contributed by atoms with Gasteiger partial charge < -0.3 is 0 Å². The molecule has 5 heteroatoms. The van der Waals surface area contributed by atoms with Gasteiger partial charge in [-0.2, -0.15) is 0 Å². The van der Waals surface area contributed by atoms with E-state index in [4.69, 9.17) is 0 Å². The van der Waals surface area contributed by atoms with Gasteiger partial charge in [0.05, 0.1) is 11.9 Å². The van der Waals surface area contributed by atoms with Gasteiger partial charge in [-0.05, 0) is 35.0 Å². The van der Waals surface area contributed by atoms with Gasteiger partial charge in [0.15, 0.2) is 0 Å². The molecule has 82 valence electrons. The Kier molecular flexibility index (Phi) is 2.87. The Morgan fingerprint density at radius 2 is 2.25 bits per heavy atom. The van der Waals surface area contributed by atoms with Crippen molar-refractivity contribution in [2.45, 2.75) is 6.92 Å². The van der Waals surface area contributed by atoms with Crippen LogP contribution in [-0.4, -0.2) is 15.0 Å². The normalized spacial score (nSPS) is 10.4. The van der Waals surface area contributed by atoms with E-state index in [1.54, 1.807) is 25.3 Å². The van der Waals surface area contributed by atoms with Crippen molar-refractivity contribution in [3.63, 3.8) is 0 Å². The molecule has 0 saturated carbocycles. The largest absolute Gasteiger partial charge is 0.219 e. The maximum Gasteiger partial charge on any atom is 0.148 e. The van der Waals surface area contributed by atoms with Gasteiger partial charge in [-0.15, -0.1) is 5.10 Å². The summed E-state index contributed by atoms with van der Waals surface area (Å²) in [5.41, 5.74) is 1.68. The van der Waals surface area contributed by atoms with Crippen molar-refractivity contribution in [2.24, 2.45) is 0 Å². The van der Waals surface area contributed by atoms with Gasteiger partial charge in [0.1, 0.15) is 10.4 Å². The number of aromatic nitrogens is 3. The number of hydrogen-bond acceptors (Lipinski definition) is 2. The zero-order valence-electron chi connectivity index (χ0n) is 8.61. The van der Waals surface area contributed by atoms with Crippen molar-refractivity contribution in [1.29, 1.82) is 0 Å². The van der Waals surface area contributed by atoms with E-state index in [9.17, 15) is 4.39 Å². The van der Waals surface area contributed by atoms with Crippen molar-refractivity contribution < 1.29 is 4.39 Å². The van der Waals surface area contributed by atoms with E-state index in [1.807, 2.05) is 0 Å². The van der Waals surface area contributed by atoms with Crippen LogP contribution in [0.15, 0.2) is 29.5 Å². The zero-order valence-corrected chi connectivity index (χ0v) is 10.2. The molecule has 1 aromatic heterocycles. The van der Waals surface area contributed by atoms with Crippen molar-refractivity contribution >= 4 is 22.0 Å². The Hall–Kier alpha value is -1.49. The highest BCUT2D eigenvalue weighted by molar-refractivity contribution is 9.10. The lowest BCUT2D eigenvalue weighted by Gasteiger charge is -2.07. The van der Waals surface area contributed by atoms with Crippen LogP contribution >= 0.6 is 15.9 Å². The number of hydrogen-bond donors (Lipinski definition) is 0. The van der Waals surface area contributed by atoms with Crippen LogP contribution in [0.2, 0.25) is 0 Å². The van der Waals surface area contributed by atoms with Gasteiger partial charge in [0, 0.05) is 11.1 Å². The van der Waals surface area contributed by atoms with Crippen LogP contribution in [0.5, 0.6) is 0 Å². The summed E-state index contributed by atoms with van der Waals surface area (Å²) < 4.78 is 15.9. The molecule has 0 aliphatic rings. The van der Waals surface area contributed by atoms with Crippen LogP contribution in [-0.2, 0) is 0 Å². The number of nitrogens with zero attached hydrogens (tertiary/aromatic N) is 3. The Bertz CT molecular complexity index is 548. The molecular weight excluding hydrogens is 273 g/mol. The fourth-order valence-corrected chi connectivity index (χ4v) is 1.73. The lowest BCUT2D eigenvalue weighted by Crippen LogP contribution is -2.01. The average molecular weight is 282 g/mol. The van der Waals surface area contributed by atoms with Crippen LogP contribution in [0.4, 0.5) is 4.39 Å². The molecule has 0 spiro atoms. The number of rotatable bonds is 2. The van der Waals surface area contributed by atoms with E-state index in [-0.39, 0.29) is 5.82 Å². The Labute approximate surface area is 101 Å². The maximum atomic E-state index is 13.8. The summed E-state index contributed by atoms with van der Waals surface area (Å²) >= 11 is 3.20. The number of benzene rings is 1. The lowest BCUT2D eigenvalue weighted by molar-refractivity contribution is 0.612. The smallest absolute Gasteiger partial charge is 0.148 e. The fraction of sp³-hybridized carbons (Fsp3) is 0.0909. The highest BCUT2D eigenvalue weighted by atomic mass is 79.9. The van der Waals surface area contributed by atoms with Gasteiger partial charge in [-0.25, -0.2) is 9.07 Å². The molecule has 0 fully saturated rings. The lowest BCUT2D eigenvalue weighted by atomic mass is 10.1. The quantitative estimate of drug-likeness (QED) is 0.847. The predicted octanol–water partition coefficient (Wildman–Crippen LogP) is 3.12. The second-order valence-corrected chi connectivity index (χ2v) is 4.12. The molecule has 1 aromatic carbocycles. The molecule has 3 nitrogen and oxygen atoms in total. The van der Waals surface area contributed by atoms with Crippen LogP contribution < -0.4 is 0 Å². The second-order valence-electron chi connectivity index (χ2n) is 3.30. The van der Waals surface area contributed by atoms with E-state index in [0.717, 1.165) is 0 Å². The molecule has 2 rings (SSSR count). The average Bonchev–Trinajstić information content (AvgIpc) is 2.69. The first-order chi connectivity index (χ1) is 7.63. The van der Waals surface area contributed by atoms with E-state index in [1.165, 1.54) is 10.8 Å². The summed E-state index contributed by atoms with van der Waals surface area (Å²) in [6.07, 6.45) is 3.17. The molecule has 0 aliphatic heterocycles. The molecule has 0 radical (unpaired) electrons. The molecule has 0 amide bonds. The molecule has 0 saturated heterocycles. The Balaban J connectivity index is 2.59. The van der Waals surface area contributed by atoms with Gasteiger partial charge in [0.25, 0.3) is 0 Å². The van der Waals surface area contributed by atoms with Crippen LogP contribution in [0.1, 0.15) is 11.1 Å². The Morgan fingerprint density at radius 1 is 1.50 bits per heavy atom. The van der Waals surface area contributed by atoms with Crippen molar-refractivity contribution in [1.82, 2.24) is 15.0 Å². The summed E-state index contributed by atoms with van der Waals surface area (Å²) in [5.74, 6) is -0.279. The second kappa shape index (κ2) is 4.17.